The Morgan fingerprint density at radius 2 is 1.10 bits per heavy atom. The van der Waals surface area contributed by atoms with E-state index in [1.807, 2.05) is 72.6 Å². The van der Waals surface area contributed by atoms with E-state index < -0.39 is 42.0 Å². The minimum atomic E-state index is -1.23. The van der Waals surface area contributed by atoms with Crippen LogP contribution in [0, 0.1) is 0 Å². The number of carbonyl (C=O) groups is 4. The number of hydrogen-bond acceptors (Lipinski definition) is 6. The highest BCUT2D eigenvalue weighted by atomic mass is 16.4. The second-order valence-corrected chi connectivity index (χ2v) is 12.2. The third kappa shape index (κ3) is 9.07. The number of fused-ring (bicyclic) bond motifs is 1. The van der Waals surface area contributed by atoms with E-state index in [0.717, 1.165) is 22.3 Å². The lowest BCUT2D eigenvalue weighted by Gasteiger charge is -2.34. The van der Waals surface area contributed by atoms with Crippen molar-refractivity contribution in [3.05, 3.63) is 137 Å². The molecule has 10 heteroatoms. The lowest BCUT2D eigenvalue weighted by Crippen LogP contribution is -2.59. The average molecular weight is 649 g/mol. The van der Waals surface area contributed by atoms with E-state index in [0.29, 0.717) is 18.5 Å². The zero-order chi connectivity index (χ0) is 34.0. The van der Waals surface area contributed by atoms with Crippen LogP contribution in [0.25, 0.3) is 0 Å². The van der Waals surface area contributed by atoms with Gasteiger partial charge in [0.25, 0.3) is 0 Å². The summed E-state index contributed by atoms with van der Waals surface area (Å²) in [5.74, 6) is -2.72. The van der Waals surface area contributed by atoms with Crippen molar-refractivity contribution in [2.45, 2.75) is 56.4 Å². The summed E-state index contributed by atoms with van der Waals surface area (Å²) in [6, 6.07) is 28.4. The number of benzene rings is 4. The number of carboxylic acids is 1. The van der Waals surface area contributed by atoms with Crippen LogP contribution in [-0.2, 0) is 51.4 Å². The molecule has 0 radical (unpaired) electrons. The van der Waals surface area contributed by atoms with Crippen LogP contribution < -0.4 is 16.0 Å². The molecule has 1 aliphatic heterocycles. The molecule has 0 spiro atoms. The summed E-state index contributed by atoms with van der Waals surface area (Å²) in [7, 11) is 1.86. The largest absolute Gasteiger partial charge is 0.508 e. The molecule has 5 rings (SSSR count). The van der Waals surface area contributed by atoms with Gasteiger partial charge in [-0.05, 0) is 53.4 Å². The number of aromatic hydroxyl groups is 1. The fourth-order valence-corrected chi connectivity index (χ4v) is 5.95. The van der Waals surface area contributed by atoms with Gasteiger partial charge in [-0.25, -0.2) is 4.79 Å². The summed E-state index contributed by atoms with van der Waals surface area (Å²) in [4.78, 5) is 55.7. The number of carbonyl (C=O) groups excluding carboxylic acids is 3. The van der Waals surface area contributed by atoms with Gasteiger partial charge in [-0.2, -0.15) is 0 Å². The SMILES string of the molecule is CN1Cc2ccccc2C[C@@H]1C(=O)N[C@@H](Cc1ccc(O)cc1)C(=O)N[C@@H](Cc1ccccc1)C(=O)N[C@@H](Cc1ccccc1)C(=O)O. The summed E-state index contributed by atoms with van der Waals surface area (Å²) < 4.78 is 0. The molecule has 0 saturated heterocycles. The third-order valence-corrected chi connectivity index (χ3v) is 8.61. The summed E-state index contributed by atoms with van der Waals surface area (Å²) in [5.41, 5.74) is 4.39. The van der Waals surface area contributed by atoms with E-state index in [9.17, 15) is 29.4 Å². The number of likely N-dealkylation sites (N-methyl/N-ethyl adjacent to an activating group) is 1. The third-order valence-electron chi connectivity index (χ3n) is 8.61. The maximum Gasteiger partial charge on any atom is 0.326 e. The lowest BCUT2D eigenvalue weighted by atomic mass is 9.93. The molecule has 1 heterocycles. The summed E-state index contributed by atoms with van der Waals surface area (Å²) in [5, 5.41) is 28.1. The highest BCUT2D eigenvalue weighted by molar-refractivity contribution is 5.94. The second-order valence-electron chi connectivity index (χ2n) is 12.2. The quantitative estimate of drug-likeness (QED) is 0.150. The molecule has 48 heavy (non-hydrogen) atoms. The topological polar surface area (TPSA) is 148 Å². The molecule has 4 aromatic carbocycles. The van der Waals surface area contributed by atoms with Crippen LogP contribution in [-0.4, -0.2) is 70.0 Å². The number of amides is 3. The number of aliphatic carboxylic acids is 1. The molecule has 0 bridgehead atoms. The van der Waals surface area contributed by atoms with Gasteiger partial charge in [-0.15, -0.1) is 0 Å². The Balaban J connectivity index is 1.37. The molecule has 4 atom stereocenters. The zero-order valence-corrected chi connectivity index (χ0v) is 26.7. The Labute approximate surface area is 279 Å². The first-order valence-electron chi connectivity index (χ1n) is 15.9. The van der Waals surface area contributed by atoms with Crippen LogP contribution in [0.5, 0.6) is 5.75 Å². The highest BCUT2D eigenvalue weighted by Crippen LogP contribution is 2.22. The molecular formula is C38H40N4O6. The molecule has 4 aromatic rings. The minimum absolute atomic E-state index is 0.0610. The predicted octanol–water partition coefficient (Wildman–Crippen LogP) is 3.02. The Bertz CT molecular complexity index is 1710. The zero-order valence-electron chi connectivity index (χ0n) is 26.7. The first kappa shape index (κ1) is 33.9. The fraction of sp³-hybridized carbons (Fsp3) is 0.263. The molecule has 0 fully saturated rings. The maximum absolute atomic E-state index is 14.0. The highest BCUT2D eigenvalue weighted by Gasteiger charge is 2.34. The molecule has 3 amide bonds. The summed E-state index contributed by atoms with van der Waals surface area (Å²) >= 11 is 0. The number of carboxylic acid groups (broad SMARTS) is 1. The van der Waals surface area contributed by atoms with Crippen molar-refractivity contribution >= 4 is 23.7 Å². The van der Waals surface area contributed by atoms with E-state index in [2.05, 4.69) is 16.0 Å². The van der Waals surface area contributed by atoms with Gasteiger partial charge >= 0.3 is 5.97 Å². The van der Waals surface area contributed by atoms with Gasteiger partial charge in [-0.1, -0.05) is 97.1 Å². The molecule has 0 saturated carbocycles. The van der Waals surface area contributed by atoms with Crippen molar-refractivity contribution in [3.63, 3.8) is 0 Å². The van der Waals surface area contributed by atoms with E-state index in [4.69, 9.17) is 0 Å². The number of phenolic OH excluding ortho intramolecular Hbond substituents is 1. The Morgan fingerprint density at radius 3 is 1.67 bits per heavy atom. The number of phenols is 1. The molecular weight excluding hydrogens is 608 g/mol. The van der Waals surface area contributed by atoms with Gasteiger partial charge in [0, 0.05) is 25.8 Å². The first-order chi connectivity index (χ1) is 23.2. The Morgan fingerprint density at radius 1 is 0.646 bits per heavy atom. The normalized spacial score (nSPS) is 16.1. The number of hydrogen-bond donors (Lipinski definition) is 5. The van der Waals surface area contributed by atoms with Gasteiger partial charge in [0.05, 0.1) is 6.04 Å². The molecule has 0 unspecified atom stereocenters. The van der Waals surface area contributed by atoms with Gasteiger partial charge in [-0.3, -0.25) is 19.3 Å². The van der Waals surface area contributed by atoms with Gasteiger partial charge in [0.2, 0.25) is 17.7 Å². The standard InChI is InChI=1S/C38H40N4O6/c1-42-24-29-15-9-8-14-28(29)23-34(42)37(46)40-32(21-27-16-18-30(43)19-17-27)35(44)39-31(20-25-10-4-2-5-11-25)36(45)41-33(38(47)48)22-26-12-6-3-7-13-26/h2-19,31-34,43H,20-24H2,1H3,(H,39,44)(H,40,46)(H,41,45)(H,47,48)/t31-,32-,33-,34+/m0/s1. The van der Waals surface area contributed by atoms with Crippen LogP contribution in [0.4, 0.5) is 0 Å². The van der Waals surface area contributed by atoms with Crippen molar-refractivity contribution in [3.8, 4) is 5.75 Å². The summed E-state index contributed by atoms with van der Waals surface area (Å²) in [6.45, 7) is 0.579. The van der Waals surface area contributed by atoms with E-state index >= 15 is 0 Å². The molecule has 0 aromatic heterocycles. The van der Waals surface area contributed by atoms with E-state index in [1.54, 1.807) is 36.4 Å². The van der Waals surface area contributed by atoms with Crippen LogP contribution >= 0.6 is 0 Å². The fourth-order valence-electron chi connectivity index (χ4n) is 5.95. The number of nitrogens with zero attached hydrogens (tertiary/aromatic N) is 1. The first-order valence-corrected chi connectivity index (χ1v) is 15.9. The molecule has 1 aliphatic rings. The van der Waals surface area contributed by atoms with Crippen LogP contribution in [0.2, 0.25) is 0 Å². The summed E-state index contributed by atoms with van der Waals surface area (Å²) in [6.07, 6.45) is 0.725. The maximum atomic E-state index is 14.0. The average Bonchev–Trinajstić information content (AvgIpc) is 3.08. The van der Waals surface area contributed by atoms with E-state index in [1.165, 1.54) is 12.1 Å². The van der Waals surface area contributed by atoms with Gasteiger partial charge in [0.15, 0.2) is 0 Å². The molecule has 5 N–H and O–H groups in total. The van der Waals surface area contributed by atoms with Crippen LogP contribution in [0.15, 0.2) is 109 Å². The molecule has 248 valence electrons. The lowest BCUT2D eigenvalue weighted by molar-refractivity contribution is -0.142. The van der Waals surface area contributed by atoms with Gasteiger partial charge in [0.1, 0.15) is 23.9 Å². The smallest absolute Gasteiger partial charge is 0.326 e. The van der Waals surface area contributed by atoms with Crippen molar-refractivity contribution in [2.75, 3.05) is 7.05 Å². The molecule has 10 nitrogen and oxygen atoms in total. The van der Waals surface area contributed by atoms with Crippen molar-refractivity contribution < 1.29 is 29.4 Å². The Kier molecular flexibility index (Phi) is 11.2. The van der Waals surface area contributed by atoms with Crippen LogP contribution in [0.3, 0.4) is 0 Å². The van der Waals surface area contributed by atoms with Crippen molar-refractivity contribution in [1.29, 1.82) is 0 Å². The van der Waals surface area contributed by atoms with Gasteiger partial charge < -0.3 is 26.2 Å². The van der Waals surface area contributed by atoms with Crippen LogP contribution in [0.1, 0.15) is 27.8 Å². The number of nitrogens with one attached hydrogen (secondary N) is 3. The monoisotopic (exact) mass is 648 g/mol. The molecule has 0 aliphatic carbocycles. The Hall–Kier alpha value is -5.48. The van der Waals surface area contributed by atoms with Crippen molar-refractivity contribution in [1.82, 2.24) is 20.9 Å². The predicted molar refractivity (Wildman–Crippen MR) is 181 cm³/mol. The minimum Gasteiger partial charge on any atom is -0.508 e. The van der Waals surface area contributed by atoms with E-state index in [-0.39, 0.29) is 30.9 Å². The number of rotatable bonds is 13. The van der Waals surface area contributed by atoms with Crippen molar-refractivity contribution in [2.24, 2.45) is 0 Å². The second kappa shape index (κ2) is 15.9.